The van der Waals surface area contributed by atoms with E-state index in [0.29, 0.717) is 0 Å². The number of nitrogens with one attached hydrogen (secondary N) is 1. The van der Waals surface area contributed by atoms with Crippen LogP contribution < -0.4 is 10.1 Å². The number of phenols is 2. The zero-order valence-electron chi connectivity index (χ0n) is 24.4. The molecule has 1 heterocycles. The van der Waals surface area contributed by atoms with Crippen LogP contribution in [0, 0.1) is 0 Å². The topological polar surface area (TPSA) is 218 Å². The van der Waals surface area contributed by atoms with Crippen LogP contribution in [-0.4, -0.2) is 99.4 Å². The number of amides is 1. The Morgan fingerprint density at radius 1 is 1.16 bits per heavy atom. The molecule has 45 heavy (non-hydrogen) atoms. The van der Waals surface area contributed by atoms with Crippen molar-refractivity contribution in [1.82, 2.24) is 5.32 Å². The van der Waals surface area contributed by atoms with Gasteiger partial charge >= 0.3 is 6.09 Å². The Kier molecular flexibility index (Phi) is 8.70. The van der Waals surface area contributed by atoms with Gasteiger partial charge in [0.1, 0.15) is 42.2 Å². The van der Waals surface area contributed by atoms with Crippen molar-refractivity contribution in [1.29, 1.82) is 0 Å². The Hall–Kier alpha value is -4.34. The average molecular weight is 628 g/mol. The molecule has 1 aliphatic heterocycles. The van der Waals surface area contributed by atoms with Crippen molar-refractivity contribution in [2.45, 2.75) is 62.4 Å². The van der Waals surface area contributed by atoms with E-state index in [1.807, 2.05) is 0 Å². The number of aromatic hydroxyl groups is 2. The molecule has 1 saturated heterocycles. The fourth-order valence-corrected chi connectivity index (χ4v) is 6.19. The van der Waals surface area contributed by atoms with Crippen LogP contribution in [-0.2, 0) is 25.4 Å². The number of benzene rings is 2. The van der Waals surface area contributed by atoms with Crippen molar-refractivity contribution in [2.24, 2.45) is 0 Å². The molecule has 14 nitrogen and oxygen atoms in total. The third-order valence-corrected chi connectivity index (χ3v) is 8.40. The van der Waals surface area contributed by atoms with Crippen LogP contribution in [0.4, 0.5) is 4.79 Å². The summed E-state index contributed by atoms with van der Waals surface area (Å²) in [5, 5.41) is 57.2. The number of Topliss-reactive ketones (excluding diaryl/α,β-unsaturated/α-hetero) is 1. The molecule has 0 radical (unpaired) electrons. The van der Waals surface area contributed by atoms with Crippen LogP contribution in [0.5, 0.6) is 17.2 Å². The van der Waals surface area contributed by atoms with E-state index in [1.165, 1.54) is 38.3 Å². The predicted octanol–water partition coefficient (Wildman–Crippen LogP) is 0.955. The van der Waals surface area contributed by atoms with Gasteiger partial charge in [-0.2, -0.15) is 0 Å². The third kappa shape index (κ3) is 5.44. The van der Waals surface area contributed by atoms with Crippen LogP contribution in [0.25, 0.3) is 0 Å². The Balaban J connectivity index is 1.59. The van der Waals surface area contributed by atoms with E-state index in [1.54, 1.807) is 0 Å². The molecule has 14 heteroatoms. The maximum absolute atomic E-state index is 13.8. The van der Waals surface area contributed by atoms with E-state index in [-0.39, 0.29) is 41.0 Å². The van der Waals surface area contributed by atoms with Crippen LogP contribution in [0.1, 0.15) is 68.8 Å². The first-order chi connectivity index (χ1) is 21.4. The van der Waals surface area contributed by atoms with Crippen molar-refractivity contribution in [2.75, 3.05) is 20.3 Å². The molecule has 1 fully saturated rings. The minimum absolute atomic E-state index is 0.0668. The SMILES string of the molecule is C=CCOC(=O)N[C@H]1C[C@H](O[C@H]2C[C@](O)(C(=O)CO)Cc3c(O)c4c(c(O)c32)C(=O)c2c(OC)cccc2C4=O)O[C@@H](C)[C@H]1O. The molecule has 0 unspecified atom stereocenters. The second-order valence-electron chi connectivity index (χ2n) is 11.1. The summed E-state index contributed by atoms with van der Waals surface area (Å²) in [7, 11) is 1.30. The Labute approximate surface area is 256 Å². The first kappa shape index (κ1) is 32.1. The monoisotopic (exact) mass is 627 g/mol. The largest absolute Gasteiger partial charge is 0.507 e. The minimum Gasteiger partial charge on any atom is -0.507 e. The molecule has 240 valence electrons. The molecule has 0 bridgehead atoms. The van der Waals surface area contributed by atoms with Crippen LogP contribution >= 0.6 is 0 Å². The molecule has 2 aromatic carbocycles. The number of carbonyl (C=O) groups excluding carboxylic acids is 4. The van der Waals surface area contributed by atoms with Crippen LogP contribution in [0.2, 0.25) is 0 Å². The summed E-state index contributed by atoms with van der Waals surface area (Å²) in [4.78, 5) is 52.3. The van der Waals surface area contributed by atoms with Gasteiger partial charge in [-0.3, -0.25) is 14.4 Å². The zero-order valence-corrected chi connectivity index (χ0v) is 24.4. The number of hydrogen-bond acceptors (Lipinski definition) is 13. The minimum atomic E-state index is -2.32. The maximum atomic E-state index is 13.8. The second-order valence-corrected chi connectivity index (χ2v) is 11.1. The second kappa shape index (κ2) is 12.2. The summed E-state index contributed by atoms with van der Waals surface area (Å²) in [5.41, 5.74) is -3.99. The molecule has 2 aliphatic carbocycles. The molecule has 6 N–H and O–H groups in total. The van der Waals surface area contributed by atoms with E-state index >= 15 is 0 Å². The molecular weight excluding hydrogens is 594 g/mol. The zero-order chi connectivity index (χ0) is 32.8. The highest BCUT2D eigenvalue weighted by Gasteiger charge is 2.50. The van der Waals surface area contributed by atoms with Gasteiger partial charge < -0.3 is 49.8 Å². The van der Waals surface area contributed by atoms with Gasteiger partial charge in [0.25, 0.3) is 0 Å². The number of ether oxygens (including phenoxy) is 4. The van der Waals surface area contributed by atoms with Gasteiger partial charge in [-0.05, 0) is 13.0 Å². The van der Waals surface area contributed by atoms with Crippen molar-refractivity contribution in [3.63, 3.8) is 0 Å². The number of hydrogen-bond donors (Lipinski definition) is 6. The molecule has 3 aliphatic rings. The van der Waals surface area contributed by atoms with Gasteiger partial charge in [-0.15, -0.1) is 0 Å². The lowest BCUT2D eigenvalue weighted by atomic mass is 9.72. The van der Waals surface area contributed by atoms with E-state index in [2.05, 4.69) is 11.9 Å². The number of fused-ring (bicyclic) bond motifs is 3. The van der Waals surface area contributed by atoms with Crippen LogP contribution in [0.15, 0.2) is 30.9 Å². The van der Waals surface area contributed by atoms with E-state index in [9.17, 15) is 44.7 Å². The Morgan fingerprint density at radius 2 is 1.87 bits per heavy atom. The van der Waals surface area contributed by atoms with Crippen molar-refractivity contribution >= 4 is 23.4 Å². The van der Waals surface area contributed by atoms with Gasteiger partial charge in [0.2, 0.25) is 5.78 Å². The number of alkyl carbamates (subject to hydrolysis) is 1. The Bertz CT molecular complexity index is 1590. The lowest BCUT2D eigenvalue weighted by Crippen LogP contribution is -2.56. The van der Waals surface area contributed by atoms with Crippen molar-refractivity contribution in [3.8, 4) is 17.2 Å². The number of aliphatic hydroxyl groups is 3. The van der Waals surface area contributed by atoms with Crippen LogP contribution in [0.3, 0.4) is 0 Å². The number of methoxy groups -OCH3 is 1. The van der Waals surface area contributed by atoms with Gasteiger partial charge in [-0.25, -0.2) is 4.79 Å². The summed E-state index contributed by atoms with van der Waals surface area (Å²) in [6.07, 6.45) is -5.58. The third-order valence-electron chi connectivity index (χ3n) is 8.40. The summed E-state index contributed by atoms with van der Waals surface area (Å²) in [6, 6.07) is 3.37. The molecule has 5 rings (SSSR count). The van der Waals surface area contributed by atoms with Gasteiger partial charge in [0, 0.05) is 36.0 Å². The van der Waals surface area contributed by atoms with E-state index < -0.39 is 102 Å². The highest BCUT2D eigenvalue weighted by atomic mass is 16.7. The van der Waals surface area contributed by atoms with Gasteiger partial charge in [0.15, 0.2) is 17.9 Å². The van der Waals surface area contributed by atoms with Crippen molar-refractivity contribution in [3.05, 3.63) is 64.2 Å². The summed E-state index contributed by atoms with van der Waals surface area (Å²) >= 11 is 0. The maximum Gasteiger partial charge on any atom is 0.407 e. The van der Waals surface area contributed by atoms with Gasteiger partial charge in [0.05, 0.1) is 42.0 Å². The molecule has 0 saturated carbocycles. The number of rotatable bonds is 8. The molecule has 2 aromatic rings. The summed E-state index contributed by atoms with van der Waals surface area (Å²) in [5.74, 6) is -4.04. The average Bonchev–Trinajstić information content (AvgIpc) is 3.01. The highest BCUT2D eigenvalue weighted by Crippen LogP contribution is 2.52. The number of phenolic OH excluding ortho intramolecular Hbond substituents is 2. The standard InChI is InChI=1S/C31H33NO13/c1-4-8-43-30(40)32-16-9-20(44-13(2)25(16)35)45-18-11-31(41,19(34)12-33)10-15-22(18)29(39)24-23(27(15)37)26(36)14-6-5-7-17(42-3)21(14)28(24)38/h4-7,13,16,18,20,25,33,35,37,39,41H,1,8-12H2,2-3H3,(H,32,40)/t13-,16-,18-,20-,25+,31-/m0/s1. The van der Waals surface area contributed by atoms with Gasteiger partial charge in [-0.1, -0.05) is 24.8 Å². The molecular formula is C31H33NO13. The van der Waals surface area contributed by atoms with E-state index in [0.717, 1.165) is 0 Å². The number of ketones is 3. The quantitative estimate of drug-likeness (QED) is 0.152. The lowest BCUT2D eigenvalue weighted by Gasteiger charge is -2.42. The molecule has 1 amide bonds. The number of carbonyl (C=O) groups is 4. The smallest absolute Gasteiger partial charge is 0.407 e. The summed E-state index contributed by atoms with van der Waals surface area (Å²) in [6.45, 7) is 3.83. The molecule has 0 aromatic heterocycles. The number of aliphatic hydroxyl groups excluding tert-OH is 2. The first-order valence-corrected chi connectivity index (χ1v) is 14.1. The normalized spacial score (nSPS) is 27.1. The first-order valence-electron chi connectivity index (χ1n) is 14.1. The molecule has 0 spiro atoms. The fraction of sp³-hybridized carbons (Fsp3) is 0.419. The Morgan fingerprint density at radius 3 is 2.53 bits per heavy atom. The van der Waals surface area contributed by atoms with Crippen molar-refractivity contribution < 1.29 is 63.7 Å². The predicted molar refractivity (Wildman–Crippen MR) is 152 cm³/mol. The fourth-order valence-electron chi connectivity index (χ4n) is 6.19. The van der Waals surface area contributed by atoms with E-state index in [4.69, 9.17) is 18.9 Å². The lowest BCUT2D eigenvalue weighted by molar-refractivity contribution is -0.249. The summed E-state index contributed by atoms with van der Waals surface area (Å²) < 4.78 is 22.1. The highest BCUT2D eigenvalue weighted by molar-refractivity contribution is 6.31. The molecule has 6 atom stereocenters.